The molecule has 0 aliphatic rings. The highest BCUT2D eigenvalue weighted by molar-refractivity contribution is 8.01. The largest absolute Gasteiger partial charge is 0.573 e. The smallest absolute Gasteiger partial charge is 0.445 e. The molecule has 2 amide bonds. The first-order valence-electron chi connectivity index (χ1n) is 9.37. The minimum atomic E-state index is -4.80. The molecule has 0 fully saturated rings. The molecule has 0 bridgehead atoms. The number of alkyl carbamates (subject to hydrolysis) is 1. The van der Waals surface area contributed by atoms with E-state index in [1.54, 1.807) is 18.2 Å². The SMILES string of the molecule is CC(C)SC(NC(=O)OCc1ccccc1)C(=O)NCc1cccc(OC(F)(F)F)c1. The molecule has 1 unspecified atom stereocenters. The van der Waals surface area contributed by atoms with Gasteiger partial charge in [-0.25, -0.2) is 4.79 Å². The van der Waals surface area contributed by atoms with Crippen LogP contribution in [0.25, 0.3) is 0 Å². The number of carbonyl (C=O) groups is 2. The van der Waals surface area contributed by atoms with Gasteiger partial charge in [0.05, 0.1) is 0 Å². The number of halogens is 3. The van der Waals surface area contributed by atoms with E-state index < -0.39 is 23.7 Å². The molecule has 0 heterocycles. The highest BCUT2D eigenvalue weighted by Crippen LogP contribution is 2.23. The van der Waals surface area contributed by atoms with Crippen LogP contribution in [0.1, 0.15) is 25.0 Å². The first kappa shape index (κ1) is 24.4. The molecule has 0 saturated heterocycles. The molecule has 1 atom stereocenters. The third kappa shape index (κ3) is 9.65. The second kappa shape index (κ2) is 11.5. The lowest BCUT2D eigenvalue weighted by Crippen LogP contribution is -2.45. The van der Waals surface area contributed by atoms with Gasteiger partial charge in [0.15, 0.2) is 5.37 Å². The normalized spacial score (nSPS) is 12.2. The Kier molecular flexibility index (Phi) is 9.04. The van der Waals surface area contributed by atoms with Gasteiger partial charge in [0.1, 0.15) is 12.4 Å². The average Bonchev–Trinajstić information content (AvgIpc) is 2.69. The van der Waals surface area contributed by atoms with Gasteiger partial charge in [-0.15, -0.1) is 24.9 Å². The molecule has 2 rings (SSSR count). The Morgan fingerprint density at radius 2 is 1.71 bits per heavy atom. The van der Waals surface area contributed by atoms with Crippen molar-refractivity contribution in [2.45, 2.75) is 44.0 Å². The van der Waals surface area contributed by atoms with Crippen LogP contribution in [0.3, 0.4) is 0 Å². The van der Waals surface area contributed by atoms with Crippen molar-refractivity contribution in [3.63, 3.8) is 0 Å². The van der Waals surface area contributed by atoms with Crippen molar-refractivity contribution in [2.24, 2.45) is 0 Å². The van der Waals surface area contributed by atoms with Gasteiger partial charge in [-0.3, -0.25) is 4.79 Å². The zero-order valence-electron chi connectivity index (χ0n) is 16.9. The lowest BCUT2D eigenvalue weighted by molar-refractivity contribution is -0.274. The number of amides is 2. The quantitative estimate of drug-likeness (QED) is 0.540. The molecule has 0 spiro atoms. The number of ether oxygens (including phenoxy) is 2. The number of thioether (sulfide) groups is 1. The monoisotopic (exact) mass is 456 g/mol. The summed E-state index contributed by atoms with van der Waals surface area (Å²) >= 11 is 1.21. The van der Waals surface area contributed by atoms with E-state index in [1.807, 2.05) is 32.0 Å². The lowest BCUT2D eigenvalue weighted by Gasteiger charge is -2.20. The summed E-state index contributed by atoms with van der Waals surface area (Å²) in [6, 6.07) is 14.4. The van der Waals surface area contributed by atoms with E-state index in [2.05, 4.69) is 15.4 Å². The molecule has 0 aromatic heterocycles. The van der Waals surface area contributed by atoms with E-state index in [4.69, 9.17) is 4.74 Å². The maximum absolute atomic E-state index is 12.6. The van der Waals surface area contributed by atoms with Gasteiger partial charge in [-0.2, -0.15) is 0 Å². The number of alkyl halides is 3. The van der Waals surface area contributed by atoms with Gasteiger partial charge in [-0.1, -0.05) is 56.3 Å². The molecule has 31 heavy (non-hydrogen) atoms. The summed E-state index contributed by atoms with van der Waals surface area (Å²) in [6.45, 7) is 3.74. The topological polar surface area (TPSA) is 76.7 Å². The van der Waals surface area contributed by atoms with E-state index >= 15 is 0 Å². The summed E-state index contributed by atoms with van der Waals surface area (Å²) in [7, 11) is 0. The van der Waals surface area contributed by atoms with Crippen molar-refractivity contribution in [1.29, 1.82) is 0 Å². The summed E-state index contributed by atoms with van der Waals surface area (Å²) in [5.74, 6) is -0.882. The van der Waals surface area contributed by atoms with Crippen LogP contribution < -0.4 is 15.4 Å². The lowest BCUT2D eigenvalue weighted by atomic mass is 10.2. The van der Waals surface area contributed by atoms with Gasteiger partial charge in [0.2, 0.25) is 0 Å². The van der Waals surface area contributed by atoms with Crippen LogP contribution in [0, 0.1) is 0 Å². The number of benzene rings is 2. The van der Waals surface area contributed by atoms with Crippen molar-refractivity contribution in [2.75, 3.05) is 0 Å². The van der Waals surface area contributed by atoms with Crippen LogP contribution in [0.15, 0.2) is 54.6 Å². The van der Waals surface area contributed by atoms with Gasteiger partial charge < -0.3 is 20.1 Å². The number of carbonyl (C=O) groups excluding carboxylic acids is 2. The summed E-state index contributed by atoms with van der Waals surface area (Å²) < 4.78 is 46.1. The third-order valence-corrected chi connectivity index (χ3v) is 4.86. The minimum Gasteiger partial charge on any atom is -0.445 e. The fourth-order valence-electron chi connectivity index (χ4n) is 2.44. The van der Waals surface area contributed by atoms with Crippen molar-refractivity contribution in [3.05, 3.63) is 65.7 Å². The van der Waals surface area contributed by atoms with Crippen LogP contribution in [0.2, 0.25) is 0 Å². The van der Waals surface area contributed by atoms with Crippen molar-refractivity contribution in [3.8, 4) is 5.75 Å². The summed E-state index contributed by atoms with van der Waals surface area (Å²) in [6.07, 6.45) is -5.55. The predicted octanol–water partition coefficient (Wildman–Crippen LogP) is 4.60. The van der Waals surface area contributed by atoms with Crippen LogP contribution in [-0.4, -0.2) is 29.0 Å². The Morgan fingerprint density at radius 3 is 2.35 bits per heavy atom. The fourth-order valence-corrected chi connectivity index (χ4v) is 3.36. The van der Waals surface area contributed by atoms with E-state index in [0.29, 0.717) is 5.56 Å². The van der Waals surface area contributed by atoms with Gasteiger partial charge in [-0.05, 0) is 23.3 Å². The molecule has 0 saturated carbocycles. The molecular formula is C21H23F3N2O4S. The highest BCUT2D eigenvalue weighted by atomic mass is 32.2. The fraction of sp³-hybridized carbons (Fsp3) is 0.333. The molecule has 2 aromatic rings. The molecule has 0 radical (unpaired) electrons. The molecule has 2 aromatic carbocycles. The maximum atomic E-state index is 12.6. The van der Waals surface area contributed by atoms with Crippen molar-refractivity contribution in [1.82, 2.24) is 10.6 Å². The van der Waals surface area contributed by atoms with E-state index in [1.165, 1.54) is 30.0 Å². The van der Waals surface area contributed by atoms with Gasteiger partial charge in [0, 0.05) is 11.8 Å². The maximum Gasteiger partial charge on any atom is 0.573 e. The Hall–Kier alpha value is -2.88. The Morgan fingerprint density at radius 1 is 1.03 bits per heavy atom. The van der Waals surface area contributed by atoms with Crippen molar-refractivity contribution < 1.29 is 32.2 Å². The molecule has 0 aliphatic carbocycles. The van der Waals surface area contributed by atoms with Crippen LogP contribution in [-0.2, 0) is 22.7 Å². The first-order chi connectivity index (χ1) is 14.6. The number of nitrogens with one attached hydrogen (secondary N) is 2. The van der Waals surface area contributed by atoms with Gasteiger partial charge >= 0.3 is 12.5 Å². The number of rotatable bonds is 9. The number of hydrogen-bond donors (Lipinski definition) is 2. The second-order valence-electron chi connectivity index (χ2n) is 6.68. The second-order valence-corrected chi connectivity index (χ2v) is 8.37. The molecule has 6 nitrogen and oxygen atoms in total. The third-order valence-electron chi connectivity index (χ3n) is 3.71. The van der Waals surface area contributed by atoms with E-state index in [9.17, 15) is 22.8 Å². The van der Waals surface area contributed by atoms with E-state index in [0.717, 1.165) is 5.56 Å². The molecule has 168 valence electrons. The zero-order valence-corrected chi connectivity index (χ0v) is 17.8. The van der Waals surface area contributed by atoms with Crippen LogP contribution in [0.5, 0.6) is 5.75 Å². The minimum absolute atomic E-state index is 0.0219. The molecule has 10 heteroatoms. The Labute approximate surface area is 182 Å². The first-order valence-corrected chi connectivity index (χ1v) is 10.3. The number of hydrogen-bond acceptors (Lipinski definition) is 5. The Balaban J connectivity index is 1.92. The van der Waals surface area contributed by atoms with Gasteiger partial charge in [0.25, 0.3) is 5.91 Å². The zero-order chi connectivity index (χ0) is 22.9. The summed E-state index contributed by atoms with van der Waals surface area (Å²) in [5, 5.41) is 4.21. The van der Waals surface area contributed by atoms with Crippen molar-refractivity contribution >= 4 is 23.8 Å². The highest BCUT2D eigenvalue weighted by Gasteiger charge is 2.31. The van der Waals surface area contributed by atoms with Crippen LogP contribution >= 0.6 is 11.8 Å². The predicted molar refractivity (Wildman–Crippen MR) is 111 cm³/mol. The summed E-state index contributed by atoms with van der Waals surface area (Å²) in [4.78, 5) is 24.7. The average molecular weight is 456 g/mol. The Bertz CT molecular complexity index is 863. The standard InChI is InChI=1S/C21H23F3N2O4S/c1-14(2)31-19(26-20(28)29-13-15-7-4-3-5-8-15)18(27)25-12-16-9-6-10-17(11-16)30-21(22,23)24/h3-11,14,19H,12-13H2,1-2H3,(H,25,27)(H,26,28). The summed E-state index contributed by atoms with van der Waals surface area (Å²) in [5.41, 5.74) is 1.21. The molecular weight excluding hydrogens is 433 g/mol. The molecule has 0 aliphatic heterocycles. The molecule has 2 N–H and O–H groups in total. The van der Waals surface area contributed by atoms with E-state index in [-0.39, 0.29) is 24.2 Å². The van der Waals surface area contributed by atoms with Crippen LogP contribution in [0.4, 0.5) is 18.0 Å².